The molecule has 0 fully saturated rings. The Labute approximate surface area is 120 Å². The predicted octanol–water partition coefficient (Wildman–Crippen LogP) is 3.07. The van der Waals surface area contributed by atoms with Crippen LogP contribution in [0.3, 0.4) is 0 Å². The standard InChI is InChI=1S/C15H12N2O2S/c1-19-13(18)9-11-7-8-12-15(16-11)20-14(17-12)10-5-3-2-4-6-10/h2-8H,9H2,1H3. The van der Waals surface area contributed by atoms with E-state index in [0.29, 0.717) is 5.69 Å². The number of rotatable bonds is 3. The minimum atomic E-state index is -0.287. The fourth-order valence-corrected chi connectivity index (χ4v) is 2.84. The van der Waals surface area contributed by atoms with Crippen LogP contribution in [0.1, 0.15) is 5.69 Å². The topological polar surface area (TPSA) is 52.1 Å². The van der Waals surface area contributed by atoms with Gasteiger partial charge in [-0.3, -0.25) is 4.79 Å². The Morgan fingerprint density at radius 1 is 1.15 bits per heavy atom. The Morgan fingerprint density at radius 3 is 2.70 bits per heavy atom. The third-order valence-electron chi connectivity index (χ3n) is 2.89. The molecule has 2 heterocycles. The Hall–Kier alpha value is -2.27. The van der Waals surface area contributed by atoms with Crippen molar-refractivity contribution in [1.82, 2.24) is 9.97 Å². The number of esters is 1. The molecule has 0 bridgehead atoms. The Morgan fingerprint density at radius 2 is 1.95 bits per heavy atom. The van der Waals surface area contributed by atoms with Crippen LogP contribution < -0.4 is 0 Å². The maximum absolute atomic E-state index is 11.3. The van der Waals surface area contributed by atoms with Crippen molar-refractivity contribution in [3.05, 3.63) is 48.2 Å². The van der Waals surface area contributed by atoms with Crippen LogP contribution in [0.2, 0.25) is 0 Å². The van der Waals surface area contributed by atoms with Gasteiger partial charge in [0, 0.05) is 5.56 Å². The molecule has 0 aliphatic carbocycles. The van der Waals surface area contributed by atoms with Gasteiger partial charge in [0.25, 0.3) is 0 Å². The van der Waals surface area contributed by atoms with Crippen molar-refractivity contribution in [3.8, 4) is 10.6 Å². The van der Waals surface area contributed by atoms with Crippen LogP contribution >= 0.6 is 11.3 Å². The van der Waals surface area contributed by atoms with Crippen LogP contribution in [0.15, 0.2) is 42.5 Å². The molecule has 20 heavy (non-hydrogen) atoms. The number of methoxy groups -OCH3 is 1. The van der Waals surface area contributed by atoms with Crippen molar-refractivity contribution >= 4 is 27.7 Å². The summed E-state index contributed by atoms with van der Waals surface area (Å²) >= 11 is 1.52. The summed E-state index contributed by atoms with van der Waals surface area (Å²) in [5.41, 5.74) is 2.63. The predicted molar refractivity (Wildman–Crippen MR) is 78.6 cm³/mol. The number of benzene rings is 1. The molecule has 0 spiro atoms. The second kappa shape index (κ2) is 5.38. The van der Waals surface area contributed by atoms with Crippen LogP contribution in [-0.4, -0.2) is 23.0 Å². The minimum Gasteiger partial charge on any atom is -0.469 e. The van der Waals surface area contributed by atoms with E-state index in [9.17, 15) is 4.79 Å². The van der Waals surface area contributed by atoms with Crippen LogP contribution in [-0.2, 0) is 16.0 Å². The highest BCUT2D eigenvalue weighted by molar-refractivity contribution is 7.21. The molecule has 0 aliphatic rings. The summed E-state index contributed by atoms with van der Waals surface area (Å²) in [6.45, 7) is 0. The molecular weight excluding hydrogens is 272 g/mol. The number of hydrogen-bond donors (Lipinski definition) is 0. The van der Waals surface area contributed by atoms with E-state index >= 15 is 0 Å². The maximum atomic E-state index is 11.3. The quantitative estimate of drug-likeness (QED) is 0.694. The highest BCUT2D eigenvalue weighted by Crippen LogP contribution is 2.28. The SMILES string of the molecule is COC(=O)Cc1ccc2nc(-c3ccccc3)sc2n1. The number of aromatic nitrogens is 2. The number of nitrogens with zero attached hydrogens (tertiary/aromatic N) is 2. The normalized spacial score (nSPS) is 10.7. The van der Waals surface area contributed by atoms with Gasteiger partial charge >= 0.3 is 5.97 Å². The lowest BCUT2D eigenvalue weighted by Crippen LogP contribution is -2.05. The minimum absolute atomic E-state index is 0.186. The number of carbonyl (C=O) groups excluding carboxylic acids is 1. The average molecular weight is 284 g/mol. The monoisotopic (exact) mass is 284 g/mol. The summed E-state index contributed by atoms with van der Waals surface area (Å²) in [7, 11) is 1.38. The smallest absolute Gasteiger partial charge is 0.311 e. The number of ether oxygens (including phenoxy) is 1. The second-order valence-corrected chi connectivity index (χ2v) is 5.24. The van der Waals surface area contributed by atoms with Crippen molar-refractivity contribution in [2.24, 2.45) is 0 Å². The molecular formula is C15H12N2O2S. The third kappa shape index (κ3) is 2.53. The van der Waals surface area contributed by atoms with E-state index in [1.165, 1.54) is 18.4 Å². The fraction of sp³-hybridized carbons (Fsp3) is 0.133. The molecule has 2 aromatic heterocycles. The van der Waals surface area contributed by atoms with Gasteiger partial charge in [-0.05, 0) is 12.1 Å². The molecule has 0 amide bonds. The van der Waals surface area contributed by atoms with Gasteiger partial charge in [-0.2, -0.15) is 0 Å². The molecule has 1 aromatic carbocycles. The molecule has 5 heteroatoms. The van der Waals surface area contributed by atoms with Crippen molar-refractivity contribution in [2.45, 2.75) is 6.42 Å². The largest absolute Gasteiger partial charge is 0.469 e. The molecule has 0 N–H and O–H groups in total. The van der Waals surface area contributed by atoms with Crippen molar-refractivity contribution in [1.29, 1.82) is 0 Å². The first-order chi connectivity index (χ1) is 9.76. The zero-order chi connectivity index (χ0) is 13.9. The van der Waals surface area contributed by atoms with E-state index < -0.39 is 0 Å². The summed E-state index contributed by atoms with van der Waals surface area (Å²) < 4.78 is 4.65. The van der Waals surface area contributed by atoms with Gasteiger partial charge in [0.1, 0.15) is 15.4 Å². The Kier molecular flexibility index (Phi) is 3.43. The lowest BCUT2D eigenvalue weighted by atomic mass is 10.2. The van der Waals surface area contributed by atoms with Crippen molar-refractivity contribution in [2.75, 3.05) is 7.11 Å². The molecule has 100 valence electrons. The lowest BCUT2D eigenvalue weighted by Gasteiger charge is -1.98. The number of thiazole rings is 1. The van der Waals surface area contributed by atoms with Crippen LogP contribution in [0, 0.1) is 0 Å². The highest BCUT2D eigenvalue weighted by atomic mass is 32.1. The number of fused-ring (bicyclic) bond motifs is 1. The second-order valence-electron chi connectivity index (χ2n) is 4.26. The first kappa shape index (κ1) is 12.7. The zero-order valence-electron chi connectivity index (χ0n) is 10.9. The summed E-state index contributed by atoms with van der Waals surface area (Å²) in [5, 5.41) is 0.934. The van der Waals surface area contributed by atoms with Gasteiger partial charge in [-0.25, -0.2) is 9.97 Å². The van der Waals surface area contributed by atoms with Gasteiger partial charge in [-0.1, -0.05) is 41.7 Å². The molecule has 0 unspecified atom stereocenters. The van der Waals surface area contributed by atoms with Crippen molar-refractivity contribution in [3.63, 3.8) is 0 Å². The molecule has 0 atom stereocenters. The summed E-state index contributed by atoms with van der Waals surface area (Å²) in [6.07, 6.45) is 0.186. The molecule has 4 nitrogen and oxygen atoms in total. The number of pyridine rings is 1. The van der Waals surface area contributed by atoms with Crippen LogP contribution in [0.5, 0.6) is 0 Å². The van der Waals surface area contributed by atoms with E-state index in [2.05, 4.69) is 14.7 Å². The first-order valence-corrected chi connectivity index (χ1v) is 6.96. The van der Waals surface area contributed by atoms with Gasteiger partial charge in [0.15, 0.2) is 0 Å². The van der Waals surface area contributed by atoms with Gasteiger partial charge in [0.2, 0.25) is 0 Å². The molecule has 3 aromatic rings. The van der Waals surface area contributed by atoms with Gasteiger partial charge in [-0.15, -0.1) is 0 Å². The lowest BCUT2D eigenvalue weighted by molar-refractivity contribution is -0.139. The maximum Gasteiger partial charge on any atom is 0.311 e. The van der Waals surface area contributed by atoms with Gasteiger partial charge in [0.05, 0.1) is 19.2 Å². The third-order valence-corrected chi connectivity index (χ3v) is 3.90. The van der Waals surface area contributed by atoms with E-state index in [4.69, 9.17) is 0 Å². The van der Waals surface area contributed by atoms with Crippen LogP contribution in [0.25, 0.3) is 20.9 Å². The van der Waals surface area contributed by atoms with E-state index in [0.717, 1.165) is 20.9 Å². The molecule has 0 saturated heterocycles. The molecule has 0 aliphatic heterocycles. The summed E-state index contributed by atoms with van der Waals surface area (Å²) in [6, 6.07) is 13.7. The van der Waals surface area contributed by atoms with Gasteiger partial charge < -0.3 is 4.74 Å². The fourth-order valence-electron chi connectivity index (χ4n) is 1.88. The average Bonchev–Trinajstić information content (AvgIpc) is 2.91. The molecule has 3 rings (SSSR count). The summed E-state index contributed by atoms with van der Waals surface area (Å²) in [5.74, 6) is -0.287. The zero-order valence-corrected chi connectivity index (χ0v) is 11.7. The molecule has 0 radical (unpaired) electrons. The first-order valence-electron chi connectivity index (χ1n) is 6.15. The van der Waals surface area contributed by atoms with E-state index in [-0.39, 0.29) is 12.4 Å². The Bertz CT molecular complexity index is 753. The Balaban J connectivity index is 1.97. The van der Waals surface area contributed by atoms with Crippen LogP contribution in [0.4, 0.5) is 0 Å². The van der Waals surface area contributed by atoms with E-state index in [1.54, 1.807) is 0 Å². The van der Waals surface area contributed by atoms with E-state index in [1.807, 2.05) is 42.5 Å². The molecule has 0 saturated carbocycles. The number of hydrogen-bond acceptors (Lipinski definition) is 5. The highest BCUT2D eigenvalue weighted by Gasteiger charge is 2.10. The number of carbonyl (C=O) groups is 1. The summed E-state index contributed by atoms with van der Waals surface area (Å²) in [4.78, 5) is 21.1. The van der Waals surface area contributed by atoms with Crippen molar-refractivity contribution < 1.29 is 9.53 Å².